The van der Waals surface area contributed by atoms with E-state index in [0.29, 0.717) is 0 Å². The van der Waals surface area contributed by atoms with Crippen molar-refractivity contribution >= 4 is 11.9 Å². The van der Waals surface area contributed by atoms with Crippen molar-refractivity contribution in [3.8, 4) is 0 Å². The summed E-state index contributed by atoms with van der Waals surface area (Å²) in [5.74, 6) is -0.350. The molecule has 0 spiro atoms. The van der Waals surface area contributed by atoms with Crippen LogP contribution in [0.15, 0.2) is 30.3 Å². The second-order valence-corrected chi connectivity index (χ2v) is 4.09. The van der Waals surface area contributed by atoms with Crippen molar-refractivity contribution in [2.75, 3.05) is 7.05 Å². The summed E-state index contributed by atoms with van der Waals surface area (Å²) >= 11 is 0. The molecule has 0 aromatic heterocycles. The van der Waals surface area contributed by atoms with Crippen LogP contribution in [0.3, 0.4) is 0 Å². The topological polar surface area (TPSA) is 70.2 Å². The molecule has 0 heterocycles. The van der Waals surface area contributed by atoms with Gasteiger partial charge in [-0.3, -0.25) is 15.4 Å². The number of urea groups is 1. The van der Waals surface area contributed by atoms with Crippen LogP contribution in [0.1, 0.15) is 25.5 Å². The van der Waals surface area contributed by atoms with Crippen LogP contribution < -0.4 is 16.0 Å². The standard InChI is InChI=1S/C13H19N3O2/c1-9(11-7-5-4-6-8-11)15-10(2)12(17)16-13(18)14-3/h4-10,15H,1-3H3,(H2,14,16,17,18)/t9-,10?/m1/s1. The molecular weight excluding hydrogens is 230 g/mol. The van der Waals surface area contributed by atoms with Gasteiger partial charge in [-0.05, 0) is 19.4 Å². The molecule has 5 heteroatoms. The van der Waals surface area contributed by atoms with Gasteiger partial charge < -0.3 is 5.32 Å². The molecule has 5 nitrogen and oxygen atoms in total. The summed E-state index contributed by atoms with van der Waals surface area (Å²) in [6, 6.07) is 8.90. The van der Waals surface area contributed by atoms with E-state index >= 15 is 0 Å². The summed E-state index contributed by atoms with van der Waals surface area (Å²) < 4.78 is 0. The molecule has 0 radical (unpaired) electrons. The zero-order chi connectivity index (χ0) is 13.5. The molecule has 1 unspecified atom stereocenters. The van der Waals surface area contributed by atoms with Crippen molar-refractivity contribution in [1.29, 1.82) is 0 Å². The van der Waals surface area contributed by atoms with E-state index in [1.807, 2.05) is 37.3 Å². The minimum atomic E-state index is -0.499. The van der Waals surface area contributed by atoms with Gasteiger partial charge in [-0.1, -0.05) is 30.3 Å². The van der Waals surface area contributed by atoms with Crippen LogP contribution >= 0.6 is 0 Å². The molecule has 0 aliphatic heterocycles. The van der Waals surface area contributed by atoms with Crippen LogP contribution in [0.4, 0.5) is 4.79 Å². The Morgan fingerprint density at radius 3 is 2.28 bits per heavy atom. The average Bonchev–Trinajstić information content (AvgIpc) is 2.39. The van der Waals surface area contributed by atoms with Gasteiger partial charge in [-0.25, -0.2) is 4.79 Å². The normalized spacial score (nSPS) is 13.5. The van der Waals surface area contributed by atoms with Crippen LogP contribution in [0.25, 0.3) is 0 Å². The van der Waals surface area contributed by atoms with E-state index in [1.165, 1.54) is 7.05 Å². The van der Waals surface area contributed by atoms with E-state index in [2.05, 4.69) is 16.0 Å². The van der Waals surface area contributed by atoms with E-state index in [1.54, 1.807) is 6.92 Å². The van der Waals surface area contributed by atoms with Crippen molar-refractivity contribution in [3.05, 3.63) is 35.9 Å². The summed E-state index contributed by atoms with van der Waals surface area (Å²) in [5, 5.41) is 7.71. The molecule has 0 fully saturated rings. The number of hydrogen-bond donors (Lipinski definition) is 3. The van der Waals surface area contributed by atoms with Crippen LogP contribution in [0.5, 0.6) is 0 Å². The van der Waals surface area contributed by atoms with Gasteiger partial charge in [0.25, 0.3) is 0 Å². The first-order valence-electron chi connectivity index (χ1n) is 5.88. The first-order chi connectivity index (χ1) is 8.54. The monoisotopic (exact) mass is 249 g/mol. The van der Waals surface area contributed by atoms with Crippen LogP contribution in [0, 0.1) is 0 Å². The molecule has 98 valence electrons. The molecule has 1 aromatic rings. The zero-order valence-corrected chi connectivity index (χ0v) is 10.9. The van der Waals surface area contributed by atoms with E-state index in [9.17, 15) is 9.59 Å². The number of amides is 3. The van der Waals surface area contributed by atoms with Crippen LogP contribution in [-0.4, -0.2) is 25.0 Å². The minimum Gasteiger partial charge on any atom is -0.341 e. The maximum atomic E-state index is 11.6. The Morgan fingerprint density at radius 2 is 1.72 bits per heavy atom. The van der Waals surface area contributed by atoms with E-state index in [-0.39, 0.29) is 11.9 Å². The fourth-order valence-corrected chi connectivity index (χ4v) is 1.57. The summed E-state index contributed by atoms with van der Waals surface area (Å²) in [5.41, 5.74) is 1.09. The van der Waals surface area contributed by atoms with Gasteiger partial charge in [0.05, 0.1) is 6.04 Å². The molecule has 0 aliphatic rings. The Kier molecular flexibility index (Phi) is 5.32. The number of carbonyl (C=O) groups excluding carboxylic acids is 2. The van der Waals surface area contributed by atoms with Gasteiger partial charge >= 0.3 is 6.03 Å². The number of imide groups is 1. The SMILES string of the molecule is CNC(=O)NC(=O)C(C)N[C@H](C)c1ccccc1. The van der Waals surface area contributed by atoms with Crippen LogP contribution in [-0.2, 0) is 4.79 Å². The first-order valence-corrected chi connectivity index (χ1v) is 5.88. The highest BCUT2D eigenvalue weighted by molar-refractivity contribution is 5.96. The Labute approximate surface area is 107 Å². The maximum absolute atomic E-state index is 11.6. The Bertz CT molecular complexity index is 406. The summed E-state index contributed by atoms with van der Waals surface area (Å²) in [6.07, 6.45) is 0. The fourth-order valence-electron chi connectivity index (χ4n) is 1.57. The number of rotatable bonds is 4. The lowest BCUT2D eigenvalue weighted by Crippen LogP contribution is -2.47. The maximum Gasteiger partial charge on any atom is 0.321 e. The Morgan fingerprint density at radius 1 is 1.11 bits per heavy atom. The summed E-state index contributed by atoms with van der Waals surface area (Å²) in [6.45, 7) is 3.69. The minimum absolute atomic E-state index is 0.0386. The second kappa shape index (κ2) is 6.76. The Hall–Kier alpha value is -1.88. The number of benzene rings is 1. The van der Waals surface area contributed by atoms with Gasteiger partial charge in [-0.15, -0.1) is 0 Å². The fraction of sp³-hybridized carbons (Fsp3) is 0.385. The summed E-state index contributed by atoms with van der Waals surface area (Å²) in [7, 11) is 1.47. The number of carbonyl (C=O) groups is 2. The third-order valence-electron chi connectivity index (χ3n) is 2.66. The van der Waals surface area contributed by atoms with Crippen molar-refractivity contribution in [2.24, 2.45) is 0 Å². The highest BCUT2D eigenvalue weighted by atomic mass is 16.2. The highest BCUT2D eigenvalue weighted by Gasteiger charge is 2.17. The largest absolute Gasteiger partial charge is 0.341 e. The molecule has 1 rings (SSSR count). The quantitative estimate of drug-likeness (QED) is 0.750. The number of hydrogen-bond acceptors (Lipinski definition) is 3. The molecule has 3 N–H and O–H groups in total. The second-order valence-electron chi connectivity index (χ2n) is 4.09. The molecule has 0 bridgehead atoms. The third kappa shape index (κ3) is 4.18. The first kappa shape index (κ1) is 14.2. The van der Waals surface area contributed by atoms with E-state index < -0.39 is 12.1 Å². The van der Waals surface area contributed by atoms with Crippen molar-refractivity contribution in [2.45, 2.75) is 25.9 Å². The van der Waals surface area contributed by atoms with E-state index in [4.69, 9.17) is 0 Å². The van der Waals surface area contributed by atoms with Gasteiger partial charge in [0.2, 0.25) is 5.91 Å². The van der Waals surface area contributed by atoms with Gasteiger partial charge in [-0.2, -0.15) is 0 Å². The smallest absolute Gasteiger partial charge is 0.321 e. The molecule has 0 aliphatic carbocycles. The molecule has 2 atom stereocenters. The van der Waals surface area contributed by atoms with Crippen molar-refractivity contribution in [1.82, 2.24) is 16.0 Å². The van der Waals surface area contributed by atoms with Gasteiger partial charge in [0.15, 0.2) is 0 Å². The van der Waals surface area contributed by atoms with Gasteiger partial charge in [0.1, 0.15) is 0 Å². The van der Waals surface area contributed by atoms with Crippen molar-refractivity contribution < 1.29 is 9.59 Å². The average molecular weight is 249 g/mol. The highest BCUT2D eigenvalue weighted by Crippen LogP contribution is 2.11. The predicted octanol–water partition coefficient (Wildman–Crippen LogP) is 1.18. The van der Waals surface area contributed by atoms with E-state index in [0.717, 1.165) is 5.56 Å². The Balaban J connectivity index is 2.52. The zero-order valence-electron chi connectivity index (χ0n) is 10.9. The lowest BCUT2D eigenvalue weighted by Gasteiger charge is -2.19. The number of nitrogens with one attached hydrogen (secondary N) is 3. The third-order valence-corrected chi connectivity index (χ3v) is 2.66. The van der Waals surface area contributed by atoms with Crippen molar-refractivity contribution in [3.63, 3.8) is 0 Å². The van der Waals surface area contributed by atoms with Crippen LogP contribution in [0.2, 0.25) is 0 Å². The summed E-state index contributed by atoms with van der Waals surface area (Å²) in [4.78, 5) is 22.7. The molecule has 0 saturated carbocycles. The molecule has 1 aromatic carbocycles. The molecule has 0 saturated heterocycles. The molecule has 18 heavy (non-hydrogen) atoms. The molecular formula is C13H19N3O2. The lowest BCUT2D eigenvalue weighted by atomic mass is 10.1. The molecule has 3 amide bonds. The lowest BCUT2D eigenvalue weighted by molar-refractivity contribution is -0.121. The van der Waals surface area contributed by atoms with Gasteiger partial charge in [0, 0.05) is 13.1 Å². The predicted molar refractivity (Wildman–Crippen MR) is 70.1 cm³/mol.